The molecule has 5 rings (SSSR count). The SMILES string of the molecule is Cc1cccc2sc(N(Cc3ccccc3)C(=O)c3ccc(S(=O)(=O)N4CC(C)OC(C)C4)cc3)nc12. The highest BCUT2D eigenvalue weighted by molar-refractivity contribution is 7.89. The first-order valence-electron chi connectivity index (χ1n) is 12.2. The maximum atomic E-state index is 13.8. The number of aryl methyl sites for hydroxylation is 1. The minimum atomic E-state index is -3.70. The summed E-state index contributed by atoms with van der Waals surface area (Å²) in [6.07, 6.45) is -0.355. The number of amides is 1. The second-order valence-corrected chi connectivity index (χ2v) is 12.3. The average Bonchev–Trinajstić information content (AvgIpc) is 3.32. The van der Waals surface area contributed by atoms with E-state index in [4.69, 9.17) is 9.72 Å². The van der Waals surface area contributed by atoms with Crippen LogP contribution in [0.3, 0.4) is 0 Å². The molecule has 1 aromatic heterocycles. The number of hydrogen-bond donors (Lipinski definition) is 0. The van der Waals surface area contributed by atoms with Crippen LogP contribution < -0.4 is 4.90 Å². The number of carbonyl (C=O) groups excluding carboxylic acids is 1. The van der Waals surface area contributed by atoms with Crippen LogP contribution in [0.5, 0.6) is 0 Å². The summed E-state index contributed by atoms with van der Waals surface area (Å²) < 4.78 is 34.7. The molecule has 1 saturated heterocycles. The van der Waals surface area contributed by atoms with Gasteiger partial charge in [0, 0.05) is 18.7 Å². The third kappa shape index (κ3) is 5.31. The summed E-state index contributed by atoms with van der Waals surface area (Å²) in [7, 11) is -3.70. The number of rotatable bonds is 6. The van der Waals surface area contributed by atoms with Crippen LogP contribution >= 0.6 is 11.3 Å². The third-order valence-electron chi connectivity index (χ3n) is 6.39. The summed E-state index contributed by atoms with van der Waals surface area (Å²) in [5.74, 6) is -0.238. The molecular weight excluding hydrogens is 506 g/mol. The number of fused-ring (bicyclic) bond motifs is 1. The molecule has 9 heteroatoms. The number of anilines is 1. The molecule has 0 saturated carbocycles. The maximum absolute atomic E-state index is 13.8. The Bertz CT molecular complexity index is 1510. The number of morpholine rings is 1. The van der Waals surface area contributed by atoms with Crippen LogP contribution in [0.15, 0.2) is 77.7 Å². The van der Waals surface area contributed by atoms with Gasteiger partial charge < -0.3 is 4.74 Å². The lowest BCUT2D eigenvalue weighted by Gasteiger charge is -2.34. The van der Waals surface area contributed by atoms with Crippen LogP contribution in [-0.4, -0.2) is 48.9 Å². The Morgan fingerprint density at radius 1 is 1.00 bits per heavy atom. The molecule has 0 aliphatic carbocycles. The van der Waals surface area contributed by atoms with Gasteiger partial charge in [-0.25, -0.2) is 13.4 Å². The van der Waals surface area contributed by atoms with E-state index in [0.29, 0.717) is 30.3 Å². The molecular formula is C28H29N3O4S2. The van der Waals surface area contributed by atoms with Gasteiger partial charge in [0.25, 0.3) is 5.91 Å². The minimum absolute atomic E-state index is 0.163. The van der Waals surface area contributed by atoms with Crippen molar-refractivity contribution in [2.75, 3.05) is 18.0 Å². The summed E-state index contributed by atoms with van der Waals surface area (Å²) in [6.45, 7) is 6.69. The van der Waals surface area contributed by atoms with Crippen LogP contribution in [0.25, 0.3) is 10.2 Å². The Balaban J connectivity index is 1.46. The first-order chi connectivity index (χ1) is 17.7. The molecule has 1 fully saturated rings. The van der Waals surface area contributed by atoms with Gasteiger partial charge in [0.1, 0.15) is 0 Å². The number of carbonyl (C=O) groups is 1. The summed E-state index contributed by atoms with van der Waals surface area (Å²) in [5.41, 5.74) is 3.30. The van der Waals surface area contributed by atoms with Crippen molar-refractivity contribution in [1.29, 1.82) is 0 Å². The zero-order chi connectivity index (χ0) is 26.2. The predicted octanol–water partition coefficient (Wildman–Crippen LogP) is 5.25. The van der Waals surface area contributed by atoms with Gasteiger partial charge in [0.05, 0.1) is 33.9 Å². The molecule has 2 atom stereocenters. The van der Waals surface area contributed by atoms with Gasteiger partial charge in [-0.15, -0.1) is 0 Å². The number of para-hydroxylation sites is 1. The molecule has 0 spiro atoms. The Hall–Kier alpha value is -3.11. The van der Waals surface area contributed by atoms with Gasteiger partial charge in [0.15, 0.2) is 5.13 Å². The van der Waals surface area contributed by atoms with Crippen LogP contribution in [0, 0.1) is 6.92 Å². The van der Waals surface area contributed by atoms with Crippen molar-refractivity contribution >= 4 is 42.6 Å². The molecule has 0 N–H and O–H groups in total. The van der Waals surface area contributed by atoms with Crippen molar-refractivity contribution in [2.45, 2.75) is 44.4 Å². The Morgan fingerprint density at radius 2 is 1.68 bits per heavy atom. The van der Waals surface area contributed by atoms with E-state index < -0.39 is 10.0 Å². The van der Waals surface area contributed by atoms with Crippen molar-refractivity contribution in [1.82, 2.24) is 9.29 Å². The largest absolute Gasteiger partial charge is 0.373 e. The van der Waals surface area contributed by atoms with E-state index in [0.717, 1.165) is 21.3 Å². The number of aromatic nitrogens is 1. The lowest BCUT2D eigenvalue weighted by molar-refractivity contribution is -0.0440. The van der Waals surface area contributed by atoms with E-state index in [9.17, 15) is 13.2 Å². The molecule has 1 amide bonds. The van der Waals surface area contributed by atoms with Crippen molar-refractivity contribution in [2.24, 2.45) is 0 Å². The van der Waals surface area contributed by atoms with E-state index in [1.807, 2.05) is 69.3 Å². The van der Waals surface area contributed by atoms with Crippen LogP contribution in [0.2, 0.25) is 0 Å². The van der Waals surface area contributed by atoms with Crippen LogP contribution in [-0.2, 0) is 21.3 Å². The number of ether oxygens (including phenoxy) is 1. The van der Waals surface area contributed by atoms with E-state index in [-0.39, 0.29) is 23.0 Å². The van der Waals surface area contributed by atoms with Gasteiger partial charge in [-0.05, 0) is 62.2 Å². The zero-order valence-corrected chi connectivity index (χ0v) is 22.6. The van der Waals surface area contributed by atoms with E-state index in [1.54, 1.807) is 17.0 Å². The molecule has 0 bridgehead atoms. The van der Waals surface area contributed by atoms with Gasteiger partial charge in [-0.2, -0.15) is 4.31 Å². The molecule has 2 heterocycles. The Kier molecular flexibility index (Phi) is 7.13. The smallest absolute Gasteiger partial charge is 0.260 e. The molecule has 7 nitrogen and oxygen atoms in total. The standard InChI is InChI=1S/C28H29N3O4S2/c1-19-8-7-11-25-26(19)29-28(36-25)31(18-22-9-5-4-6-10-22)27(32)23-12-14-24(15-13-23)37(33,34)30-16-20(2)35-21(3)17-30/h4-15,20-21H,16-18H2,1-3H3. The number of benzene rings is 3. The van der Waals surface area contributed by atoms with Gasteiger partial charge in [-0.1, -0.05) is 53.8 Å². The van der Waals surface area contributed by atoms with Gasteiger partial charge in [-0.3, -0.25) is 9.69 Å². The normalized spacial score (nSPS) is 18.7. The molecule has 192 valence electrons. The molecule has 1 aliphatic rings. The molecule has 3 aromatic carbocycles. The molecule has 1 aliphatic heterocycles. The summed E-state index contributed by atoms with van der Waals surface area (Å²) >= 11 is 1.47. The van der Waals surface area contributed by atoms with E-state index in [2.05, 4.69) is 0 Å². The summed E-state index contributed by atoms with van der Waals surface area (Å²) in [5, 5.41) is 0.603. The summed E-state index contributed by atoms with van der Waals surface area (Å²) in [6, 6.07) is 21.9. The maximum Gasteiger partial charge on any atom is 0.260 e. The van der Waals surface area contributed by atoms with E-state index >= 15 is 0 Å². The quantitative estimate of drug-likeness (QED) is 0.337. The van der Waals surface area contributed by atoms with E-state index in [1.165, 1.54) is 27.8 Å². The summed E-state index contributed by atoms with van der Waals surface area (Å²) in [4.78, 5) is 20.4. The highest BCUT2D eigenvalue weighted by Gasteiger charge is 2.32. The van der Waals surface area contributed by atoms with Gasteiger partial charge >= 0.3 is 0 Å². The zero-order valence-electron chi connectivity index (χ0n) is 21.0. The topological polar surface area (TPSA) is 79.8 Å². The fraction of sp³-hybridized carbons (Fsp3) is 0.286. The Morgan fingerprint density at radius 3 is 2.32 bits per heavy atom. The number of hydrogen-bond acceptors (Lipinski definition) is 6. The number of thiazole rings is 1. The van der Waals surface area contributed by atoms with Crippen LogP contribution in [0.4, 0.5) is 5.13 Å². The second-order valence-electron chi connectivity index (χ2n) is 9.40. The fourth-order valence-corrected chi connectivity index (χ4v) is 7.22. The van der Waals surface area contributed by atoms with Gasteiger partial charge in [0.2, 0.25) is 10.0 Å². The molecule has 4 aromatic rings. The third-order valence-corrected chi connectivity index (χ3v) is 9.28. The lowest BCUT2D eigenvalue weighted by Crippen LogP contribution is -2.48. The number of nitrogens with zero attached hydrogens (tertiary/aromatic N) is 3. The highest BCUT2D eigenvalue weighted by Crippen LogP contribution is 2.32. The van der Waals surface area contributed by atoms with Crippen LogP contribution in [0.1, 0.15) is 35.3 Å². The molecule has 37 heavy (non-hydrogen) atoms. The van der Waals surface area contributed by atoms with Crippen molar-refractivity contribution < 1.29 is 17.9 Å². The number of sulfonamides is 1. The first-order valence-corrected chi connectivity index (χ1v) is 14.5. The van der Waals surface area contributed by atoms with Crippen molar-refractivity contribution in [3.63, 3.8) is 0 Å². The minimum Gasteiger partial charge on any atom is -0.373 e. The molecule has 2 unspecified atom stereocenters. The first kappa shape index (κ1) is 25.5. The second kappa shape index (κ2) is 10.3. The average molecular weight is 536 g/mol. The monoisotopic (exact) mass is 535 g/mol. The molecule has 0 radical (unpaired) electrons. The van der Waals surface area contributed by atoms with Crippen molar-refractivity contribution in [3.8, 4) is 0 Å². The van der Waals surface area contributed by atoms with Crippen molar-refractivity contribution in [3.05, 3.63) is 89.5 Å². The fourth-order valence-electron chi connectivity index (χ4n) is 4.58. The highest BCUT2D eigenvalue weighted by atomic mass is 32.2. The Labute approximate surface area is 221 Å². The lowest BCUT2D eigenvalue weighted by atomic mass is 10.1. The predicted molar refractivity (Wildman–Crippen MR) is 147 cm³/mol.